The Bertz CT molecular complexity index is 108. The Morgan fingerprint density at radius 2 is 1.14 bits per heavy atom. The van der Waals surface area contributed by atoms with Crippen LogP contribution in [-0.4, -0.2) is 26.4 Å². The van der Waals surface area contributed by atoms with Crippen LogP contribution in [0.25, 0.3) is 0 Å². The van der Waals surface area contributed by atoms with Crippen LogP contribution in [0.15, 0.2) is 25.7 Å². The minimum absolute atomic E-state index is 0.409. The molecule has 0 atom stereocenters. The Labute approximate surface area is 84.0 Å². The zero-order valence-corrected chi connectivity index (χ0v) is 8.19. The minimum Gasteiger partial charge on any atom is -0.499 e. The maximum Gasteiger partial charge on any atom is 0.113 e. The van der Waals surface area contributed by atoms with Gasteiger partial charge in [-0.15, -0.1) is 0 Å². The first kappa shape index (κ1) is 15.4. The van der Waals surface area contributed by atoms with Gasteiger partial charge in [0.2, 0.25) is 0 Å². The van der Waals surface area contributed by atoms with E-state index in [0.717, 1.165) is 0 Å². The van der Waals surface area contributed by atoms with Crippen LogP contribution in [0.4, 0.5) is 0 Å². The highest BCUT2D eigenvalue weighted by atomic mass is 16.6. The second-order valence-electron chi connectivity index (χ2n) is 1.82. The Kier molecular flexibility index (Phi) is 19.6. The summed E-state index contributed by atoms with van der Waals surface area (Å²) in [6.07, 6.45) is 2.69. The molecule has 0 unspecified atom stereocenters. The molecule has 0 aromatic rings. The molecule has 0 saturated carbocycles. The van der Waals surface area contributed by atoms with Crippen LogP contribution in [0.2, 0.25) is 0 Å². The van der Waals surface area contributed by atoms with Crippen LogP contribution < -0.4 is 11.8 Å². The van der Waals surface area contributed by atoms with E-state index in [9.17, 15) is 0 Å². The Morgan fingerprint density at radius 3 is 1.36 bits per heavy atom. The number of nitrogens with two attached hydrogens (primary N) is 2. The van der Waals surface area contributed by atoms with Crippen LogP contribution in [0, 0.1) is 0 Å². The van der Waals surface area contributed by atoms with Crippen molar-refractivity contribution in [2.75, 3.05) is 26.4 Å². The lowest BCUT2D eigenvalue weighted by atomic mass is 10.8. The first-order chi connectivity index (χ1) is 6.83. The molecule has 0 amide bonds. The molecule has 0 radical (unpaired) electrons. The van der Waals surface area contributed by atoms with E-state index in [2.05, 4.69) is 44.1 Å². The number of hydrogen-bond acceptors (Lipinski definition) is 6. The molecule has 0 aliphatic carbocycles. The van der Waals surface area contributed by atoms with Crippen molar-refractivity contribution in [1.29, 1.82) is 0 Å². The fourth-order valence-corrected chi connectivity index (χ4v) is 0.359. The lowest BCUT2D eigenvalue weighted by Crippen LogP contribution is -2.05. The second-order valence-corrected chi connectivity index (χ2v) is 1.82. The molecule has 0 rings (SSSR count). The molecule has 0 aromatic carbocycles. The van der Waals surface area contributed by atoms with E-state index in [4.69, 9.17) is 0 Å². The summed E-state index contributed by atoms with van der Waals surface area (Å²) in [5.41, 5.74) is 0. The van der Waals surface area contributed by atoms with Gasteiger partial charge in [0.25, 0.3) is 0 Å². The van der Waals surface area contributed by atoms with Crippen LogP contribution in [0.1, 0.15) is 0 Å². The summed E-state index contributed by atoms with van der Waals surface area (Å²) in [6, 6.07) is 0. The first-order valence-corrected chi connectivity index (χ1v) is 3.91. The average Bonchev–Trinajstić information content (AvgIpc) is 2.21. The fraction of sp³-hybridized carbons (Fsp3) is 0.500. The van der Waals surface area contributed by atoms with Crippen molar-refractivity contribution in [3.8, 4) is 0 Å². The van der Waals surface area contributed by atoms with E-state index in [1.54, 1.807) is 0 Å². The summed E-state index contributed by atoms with van der Waals surface area (Å²) >= 11 is 0. The van der Waals surface area contributed by atoms with Crippen molar-refractivity contribution in [1.82, 2.24) is 0 Å². The topological polar surface area (TPSA) is 89.0 Å². The molecule has 6 heteroatoms. The van der Waals surface area contributed by atoms with E-state index in [-0.39, 0.29) is 0 Å². The number of ether oxygens (including phenoxy) is 2. The highest BCUT2D eigenvalue weighted by Crippen LogP contribution is 1.71. The summed E-state index contributed by atoms with van der Waals surface area (Å²) in [6.45, 7) is 8.39. The number of hydrogen-bond donors (Lipinski definition) is 2. The van der Waals surface area contributed by atoms with E-state index in [1.165, 1.54) is 12.5 Å². The predicted molar refractivity (Wildman–Crippen MR) is 52.6 cm³/mol. The third-order valence-electron chi connectivity index (χ3n) is 0.874. The van der Waals surface area contributed by atoms with Gasteiger partial charge < -0.3 is 19.1 Å². The molecule has 84 valence electrons. The molecular weight excluding hydrogens is 188 g/mol. The smallest absolute Gasteiger partial charge is 0.113 e. The lowest BCUT2D eigenvalue weighted by molar-refractivity contribution is 0.0863. The van der Waals surface area contributed by atoms with Crippen LogP contribution in [0.5, 0.6) is 0 Å². The molecule has 6 nitrogen and oxygen atoms in total. The second kappa shape index (κ2) is 17.9. The van der Waals surface area contributed by atoms with Crippen molar-refractivity contribution in [2.24, 2.45) is 11.8 Å². The molecule has 0 aliphatic rings. The van der Waals surface area contributed by atoms with Crippen LogP contribution >= 0.6 is 0 Å². The third-order valence-corrected chi connectivity index (χ3v) is 0.874. The first-order valence-electron chi connectivity index (χ1n) is 3.91. The van der Waals surface area contributed by atoms with Gasteiger partial charge in [-0.2, -0.15) is 0 Å². The standard InChI is InChI=1S/2C4H9NO2/c2*1-2-6-3-4-7-5/h2*2H,1,3-5H2. The Balaban J connectivity index is 0. The molecule has 0 heterocycles. The zero-order valence-electron chi connectivity index (χ0n) is 8.19. The van der Waals surface area contributed by atoms with Gasteiger partial charge in [0.1, 0.15) is 26.4 Å². The average molecular weight is 206 g/mol. The summed E-state index contributed by atoms with van der Waals surface area (Å²) in [5.74, 6) is 9.31. The molecule has 4 N–H and O–H groups in total. The summed E-state index contributed by atoms with van der Waals surface area (Å²) in [4.78, 5) is 8.34. The van der Waals surface area contributed by atoms with Gasteiger partial charge in [-0.05, 0) is 0 Å². The molecule has 0 aliphatic heterocycles. The van der Waals surface area contributed by atoms with E-state index in [0.29, 0.717) is 26.4 Å². The van der Waals surface area contributed by atoms with Gasteiger partial charge in [-0.3, -0.25) is 0 Å². The molecule has 14 heavy (non-hydrogen) atoms. The minimum atomic E-state index is 0.409. The molecule has 0 saturated heterocycles. The van der Waals surface area contributed by atoms with E-state index >= 15 is 0 Å². The van der Waals surface area contributed by atoms with Crippen molar-refractivity contribution in [2.45, 2.75) is 0 Å². The summed E-state index contributed by atoms with van der Waals surface area (Å²) < 4.78 is 9.27. The zero-order chi connectivity index (χ0) is 11.1. The lowest BCUT2D eigenvalue weighted by Gasteiger charge is -1.94. The van der Waals surface area contributed by atoms with Crippen LogP contribution in [-0.2, 0) is 19.1 Å². The van der Waals surface area contributed by atoms with Crippen molar-refractivity contribution < 1.29 is 19.1 Å². The molecule has 0 spiro atoms. The van der Waals surface area contributed by atoms with E-state index in [1.807, 2.05) is 0 Å². The largest absolute Gasteiger partial charge is 0.499 e. The van der Waals surface area contributed by atoms with Crippen molar-refractivity contribution >= 4 is 0 Å². The highest BCUT2D eigenvalue weighted by molar-refractivity contribution is 4.47. The normalized spacial score (nSPS) is 8.14. The maximum absolute atomic E-state index is 4.65. The SMILES string of the molecule is C=COCCON.C=COCCON. The van der Waals surface area contributed by atoms with Gasteiger partial charge in [-0.1, -0.05) is 13.2 Å². The van der Waals surface area contributed by atoms with E-state index < -0.39 is 0 Å². The van der Waals surface area contributed by atoms with Crippen molar-refractivity contribution in [3.63, 3.8) is 0 Å². The number of rotatable bonds is 8. The highest BCUT2D eigenvalue weighted by Gasteiger charge is 1.76. The predicted octanol–water partition coefficient (Wildman–Crippen LogP) is 0.0736. The quantitative estimate of drug-likeness (QED) is 0.332. The molecule has 0 fully saturated rings. The molecule has 0 aromatic heterocycles. The summed E-state index contributed by atoms with van der Waals surface area (Å²) in [7, 11) is 0. The van der Waals surface area contributed by atoms with Gasteiger partial charge in [0, 0.05) is 0 Å². The van der Waals surface area contributed by atoms with Gasteiger partial charge in [0.05, 0.1) is 12.5 Å². The third kappa shape index (κ3) is 22.4. The molecular formula is C8H18N2O4. The Hall–Kier alpha value is -1.08. The van der Waals surface area contributed by atoms with Gasteiger partial charge in [0.15, 0.2) is 0 Å². The van der Waals surface area contributed by atoms with Crippen LogP contribution in [0.3, 0.4) is 0 Å². The fourth-order valence-electron chi connectivity index (χ4n) is 0.359. The monoisotopic (exact) mass is 206 g/mol. The Morgan fingerprint density at radius 1 is 0.786 bits per heavy atom. The summed E-state index contributed by atoms with van der Waals surface area (Å²) in [5, 5.41) is 0. The van der Waals surface area contributed by atoms with Crippen molar-refractivity contribution in [3.05, 3.63) is 25.7 Å². The maximum atomic E-state index is 4.65. The molecule has 0 bridgehead atoms. The van der Waals surface area contributed by atoms with Gasteiger partial charge in [-0.25, -0.2) is 11.8 Å². The van der Waals surface area contributed by atoms with Gasteiger partial charge >= 0.3 is 0 Å².